The number of nitrogens with zero attached hydrogens (tertiary/aromatic N) is 1. The average molecular weight is 500 g/mol. The van der Waals surface area contributed by atoms with Crippen molar-refractivity contribution in [3.8, 4) is 44.6 Å². The summed E-state index contributed by atoms with van der Waals surface area (Å²) in [5.74, 6) is 7.30. The molecule has 0 amide bonds. The summed E-state index contributed by atoms with van der Waals surface area (Å²) in [6.07, 6.45) is 1.97. The molecule has 0 saturated carbocycles. The van der Waals surface area contributed by atoms with Crippen molar-refractivity contribution in [3.05, 3.63) is 121 Å². The number of aromatic nitrogens is 1. The molecule has 0 fully saturated rings. The molecular formula is C32H29GeN. The maximum absolute atomic E-state index is 4.75. The van der Waals surface area contributed by atoms with Crippen LogP contribution in [0.2, 0.25) is 17.3 Å². The Morgan fingerprint density at radius 3 is 1.29 bits per heavy atom. The maximum atomic E-state index is 4.75. The number of hydrogen-bond acceptors (Lipinski definition) is 1. The van der Waals surface area contributed by atoms with Crippen LogP contribution in [0.1, 0.15) is 0 Å². The number of pyridine rings is 1. The summed E-state index contributed by atoms with van der Waals surface area (Å²) in [4.78, 5) is 4.75. The fourth-order valence-corrected chi connectivity index (χ4v) is 6.66. The van der Waals surface area contributed by atoms with E-state index in [1.807, 2.05) is 12.3 Å². The first-order valence-corrected chi connectivity index (χ1v) is 19.1. The molecule has 4 aromatic carbocycles. The van der Waals surface area contributed by atoms with E-state index < -0.39 is 13.3 Å². The van der Waals surface area contributed by atoms with Gasteiger partial charge in [-0.15, -0.1) is 0 Å². The van der Waals surface area contributed by atoms with Crippen molar-refractivity contribution in [2.24, 2.45) is 0 Å². The molecule has 0 aliphatic rings. The van der Waals surface area contributed by atoms with Crippen molar-refractivity contribution in [2.75, 3.05) is 0 Å². The van der Waals surface area contributed by atoms with E-state index >= 15 is 0 Å². The Hall–Kier alpha value is -3.43. The molecule has 1 heterocycles. The average Bonchev–Trinajstić information content (AvgIpc) is 2.89. The molecule has 166 valence electrons. The Kier molecular flexibility index (Phi) is 6.21. The third-order valence-corrected chi connectivity index (χ3v) is 10.7. The van der Waals surface area contributed by atoms with Gasteiger partial charge in [0, 0.05) is 5.56 Å². The van der Waals surface area contributed by atoms with Gasteiger partial charge in [-0.1, -0.05) is 54.6 Å². The molecule has 0 aliphatic carbocycles. The molecule has 0 atom stereocenters. The van der Waals surface area contributed by atoms with Gasteiger partial charge < -0.3 is 0 Å². The fraction of sp³-hybridized carbons (Fsp3) is 0.0938. The predicted molar refractivity (Wildman–Crippen MR) is 149 cm³/mol. The number of benzene rings is 4. The zero-order chi connectivity index (χ0) is 23.5. The Balaban J connectivity index is 1.32. The van der Waals surface area contributed by atoms with Gasteiger partial charge in [0.05, 0.1) is 0 Å². The first-order chi connectivity index (χ1) is 16.5. The molecule has 0 bridgehead atoms. The van der Waals surface area contributed by atoms with Gasteiger partial charge in [-0.25, -0.2) is 0 Å². The summed E-state index contributed by atoms with van der Waals surface area (Å²) in [5.41, 5.74) is 9.41. The molecule has 0 saturated heterocycles. The summed E-state index contributed by atoms with van der Waals surface area (Å²) in [6, 6.07) is 41.3. The van der Waals surface area contributed by atoms with Crippen LogP contribution in [-0.4, -0.2) is 18.3 Å². The molecule has 0 unspecified atom stereocenters. The quantitative estimate of drug-likeness (QED) is 0.221. The van der Waals surface area contributed by atoms with Crippen LogP contribution in [0.25, 0.3) is 44.6 Å². The Morgan fingerprint density at radius 2 is 0.824 bits per heavy atom. The zero-order valence-electron chi connectivity index (χ0n) is 20.0. The summed E-state index contributed by atoms with van der Waals surface area (Å²) >= 11 is -1.77. The van der Waals surface area contributed by atoms with Crippen LogP contribution in [0.5, 0.6) is 0 Å². The van der Waals surface area contributed by atoms with Gasteiger partial charge >= 0.3 is 135 Å². The van der Waals surface area contributed by atoms with E-state index in [0.29, 0.717) is 0 Å². The standard InChI is InChI=1S/C32H29GeN/c1-33(2,3)31-20-17-27(18-21-31)26-9-11-28(12-10-26)30-19-22-32(34-23-30)29-15-13-25(14-16-29)24-7-5-4-6-8-24/h4-23H,1-3H3. The molecular weight excluding hydrogens is 471 g/mol. The Labute approximate surface area is 205 Å². The second-order valence-corrected chi connectivity index (χ2v) is 20.4. The van der Waals surface area contributed by atoms with E-state index in [0.717, 1.165) is 16.8 Å². The SMILES string of the molecule is [CH3][Ge]([CH3])([CH3])[c]1ccc(-c2ccc(-c3ccc(-c4ccc(-c5ccccc5)cc4)nc3)cc2)cc1. The van der Waals surface area contributed by atoms with Crippen molar-refractivity contribution < 1.29 is 0 Å². The molecule has 34 heavy (non-hydrogen) atoms. The molecule has 1 aromatic heterocycles. The minimum absolute atomic E-state index is 0.990. The molecule has 1 nitrogen and oxygen atoms in total. The summed E-state index contributed by atoms with van der Waals surface area (Å²) in [6.45, 7) is 0. The second kappa shape index (κ2) is 9.44. The minimum atomic E-state index is -1.77. The normalized spacial score (nSPS) is 11.4. The van der Waals surface area contributed by atoms with Gasteiger partial charge in [-0.3, -0.25) is 0 Å². The monoisotopic (exact) mass is 501 g/mol. The van der Waals surface area contributed by atoms with Crippen molar-refractivity contribution in [3.63, 3.8) is 0 Å². The van der Waals surface area contributed by atoms with Gasteiger partial charge in [-0.2, -0.15) is 0 Å². The van der Waals surface area contributed by atoms with E-state index in [4.69, 9.17) is 4.98 Å². The molecule has 0 aliphatic heterocycles. The first kappa shape index (κ1) is 22.4. The van der Waals surface area contributed by atoms with Crippen molar-refractivity contribution in [1.82, 2.24) is 4.98 Å². The van der Waals surface area contributed by atoms with Gasteiger partial charge in [0.15, 0.2) is 0 Å². The van der Waals surface area contributed by atoms with Crippen LogP contribution in [0.15, 0.2) is 121 Å². The Bertz CT molecular complexity index is 1360. The van der Waals surface area contributed by atoms with Crippen LogP contribution < -0.4 is 4.40 Å². The van der Waals surface area contributed by atoms with Crippen molar-refractivity contribution in [2.45, 2.75) is 17.3 Å². The van der Waals surface area contributed by atoms with Crippen molar-refractivity contribution >= 4 is 17.7 Å². The zero-order valence-corrected chi connectivity index (χ0v) is 22.1. The fourth-order valence-electron chi connectivity index (χ4n) is 4.22. The molecule has 2 heteroatoms. The summed E-state index contributed by atoms with van der Waals surface area (Å²) in [7, 11) is 0. The van der Waals surface area contributed by atoms with Crippen LogP contribution in [0.4, 0.5) is 0 Å². The van der Waals surface area contributed by atoms with Crippen LogP contribution in [0, 0.1) is 0 Å². The molecule has 5 aromatic rings. The molecule has 0 radical (unpaired) electrons. The van der Waals surface area contributed by atoms with Crippen molar-refractivity contribution in [1.29, 1.82) is 0 Å². The van der Waals surface area contributed by atoms with E-state index in [1.165, 1.54) is 27.8 Å². The molecule has 5 rings (SSSR count). The van der Waals surface area contributed by atoms with Gasteiger partial charge in [0.1, 0.15) is 0 Å². The number of rotatable bonds is 5. The van der Waals surface area contributed by atoms with Gasteiger partial charge in [-0.05, 0) is 11.1 Å². The van der Waals surface area contributed by atoms with Crippen LogP contribution in [0.3, 0.4) is 0 Å². The summed E-state index contributed by atoms with van der Waals surface area (Å²) in [5, 5.41) is 0. The molecule has 0 spiro atoms. The van der Waals surface area contributed by atoms with Crippen LogP contribution in [-0.2, 0) is 0 Å². The van der Waals surface area contributed by atoms with Gasteiger partial charge in [0.25, 0.3) is 0 Å². The van der Waals surface area contributed by atoms with Crippen LogP contribution >= 0.6 is 0 Å². The molecule has 0 N–H and O–H groups in total. The Morgan fingerprint density at radius 1 is 0.412 bits per heavy atom. The second-order valence-electron chi connectivity index (χ2n) is 9.78. The third-order valence-electron chi connectivity index (χ3n) is 6.35. The van der Waals surface area contributed by atoms with E-state index in [2.05, 4.69) is 126 Å². The first-order valence-electron chi connectivity index (χ1n) is 11.8. The predicted octanol–water partition coefficient (Wildman–Crippen LogP) is 8.29. The third kappa shape index (κ3) is 4.90. The van der Waals surface area contributed by atoms with E-state index in [9.17, 15) is 0 Å². The van der Waals surface area contributed by atoms with E-state index in [1.54, 1.807) is 4.40 Å². The van der Waals surface area contributed by atoms with E-state index in [-0.39, 0.29) is 0 Å². The summed E-state index contributed by atoms with van der Waals surface area (Å²) < 4.78 is 1.54. The number of hydrogen-bond donors (Lipinski definition) is 0. The topological polar surface area (TPSA) is 12.9 Å². The van der Waals surface area contributed by atoms with Gasteiger partial charge in [0.2, 0.25) is 0 Å².